The molecule has 0 N–H and O–H groups in total. The maximum atomic E-state index is 12.2. The van der Waals surface area contributed by atoms with Gasteiger partial charge in [0.2, 0.25) is 0 Å². The fourth-order valence-corrected chi connectivity index (χ4v) is 2.46. The highest BCUT2D eigenvalue weighted by Crippen LogP contribution is 2.27. The summed E-state index contributed by atoms with van der Waals surface area (Å²) in [5.74, 6) is 1.35. The Kier molecular flexibility index (Phi) is 6.22. The zero-order valence-electron chi connectivity index (χ0n) is 13.6. The SMILES string of the molecule is CCc1ccc(OC(=O)c2ccc(OCC(C)C)cc2)c(Br)c1. The largest absolute Gasteiger partial charge is 0.493 e. The normalized spacial score (nSPS) is 10.7. The highest BCUT2D eigenvalue weighted by atomic mass is 79.9. The summed E-state index contributed by atoms with van der Waals surface area (Å²) in [6, 6.07) is 12.7. The lowest BCUT2D eigenvalue weighted by atomic mass is 10.2. The smallest absolute Gasteiger partial charge is 0.343 e. The van der Waals surface area contributed by atoms with E-state index in [-0.39, 0.29) is 5.97 Å². The number of ether oxygens (including phenoxy) is 2. The van der Waals surface area contributed by atoms with Crippen LogP contribution in [0.15, 0.2) is 46.9 Å². The summed E-state index contributed by atoms with van der Waals surface area (Å²) in [7, 11) is 0. The average molecular weight is 377 g/mol. The molecule has 0 amide bonds. The minimum atomic E-state index is -0.384. The van der Waals surface area contributed by atoms with Crippen molar-refractivity contribution < 1.29 is 14.3 Å². The van der Waals surface area contributed by atoms with E-state index in [0.29, 0.717) is 23.8 Å². The summed E-state index contributed by atoms with van der Waals surface area (Å²) in [5, 5.41) is 0. The number of carbonyl (C=O) groups is 1. The van der Waals surface area contributed by atoms with Crippen molar-refractivity contribution in [1.82, 2.24) is 0 Å². The van der Waals surface area contributed by atoms with Gasteiger partial charge in [-0.3, -0.25) is 0 Å². The number of carbonyl (C=O) groups excluding carboxylic acids is 1. The van der Waals surface area contributed by atoms with E-state index >= 15 is 0 Å². The van der Waals surface area contributed by atoms with Crippen LogP contribution in [-0.4, -0.2) is 12.6 Å². The number of halogens is 1. The van der Waals surface area contributed by atoms with Crippen molar-refractivity contribution in [3.63, 3.8) is 0 Å². The molecule has 2 rings (SSSR count). The summed E-state index contributed by atoms with van der Waals surface area (Å²) in [6.45, 7) is 6.91. The van der Waals surface area contributed by atoms with Gasteiger partial charge in [-0.15, -0.1) is 0 Å². The van der Waals surface area contributed by atoms with Crippen LogP contribution in [0.25, 0.3) is 0 Å². The maximum Gasteiger partial charge on any atom is 0.343 e. The van der Waals surface area contributed by atoms with Gasteiger partial charge in [0.25, 0.3) is 0 Å². The molecule has 23 heavy (non-hydrogen) atoms. The molecule has 0 bridgehead atoms. The third-order valence-corrected chi connectivity index (χ3v) is 3.90. The van der Waals surface area contributed by atoms with Crippen molar-refractivity contribution in [2.45, 2.75) is 27.2 Å². The standard InChI is InChI=1S/C19H21BrO3/c1-4-14-5-10-18(17(20)11-14)23-19(21)15-6-8-16(9-7-15)22-12-13(2)3/h5-11,13H,4,12H2,1-3H3. The Hall–Kier alpha value is -1.81. The molecule has 0 unspecified atom stereocenters. The van der Waals surface area contributed by atoms with Crippen LogP contribution in [0.2, 0.25) is 0 Å². The molecule has 0 saturated heterocycles. The molecule has 2 aromatic carbocycles. The van der Waals surface area contributed by atoms with Crippen LogP contribution in [0.5, 0.6) is 11.5 Å². The number of rotatable bonds is 6. The Balaban J connectivity index is 2.03. The molecular formula is C19H21BrO3. The Morgan fingerprint density at radius 1 is 1.13 bits per heavy atom. The lowest BCUT2D eigenvalue weighted by Crippen LogP contribution is -2.09. The lowest BCUT2D eigenvalue weighted by molar-refractivity contribution is 0.0733. The van der Waals surface area contributed by atoms with Crippen LogP contribution in [0.3, 0.4) is 0 Å². The van der Waals surface area contributed by atoms with Gasteiger partial charge in [-0.2, -0.15) is 0 Å². The first kappa shape index (κ1) is 17.5. The van der Waals surface area contributed by atoms with Gasteiger partial charge in [-0.05, 0) is 70.2 Å². The van der Waals surface area contributed by atoms with Crippen molar-refractivity contribution in [3.8, 4) is 11.5 Å². The molecule has 0 aromatic heterocycles. The Bertz CT molecular complexity index is 663. The average Bonchev–Trinajstić information content (AvgIpc) is 2.55. The van der Waals surface area contributed by atoms with E-state index in [4.69, 9.17) is 9.47 Å². The van der Waals surface area contributed by atoms with Gasteiger partial charge >= 0.3 is 5.97 Å². The third kappa shape index (κ3) is 5.10. The monoisotopic (exact) mass is 376 g/mol. The molecule has 0 spiro atoms. The van der Waals surface area contributed by atoms with E-state index in [0.717, 1.165) is 16.6 Å². The Morgan fingerprint density at radius 3 is 2.39 bits per heavy atom. The van der Waals surface area contributed by atoms with Gasteiger partial charge in [-0.25, -0.2) is 4.79 Å². The predicted octanol–water partition coefficient (Wildman–Crippen LogP) is 5.27. The molecule has 0 heterocycles. The molecular weight excluding hydrogens is 356 g/mol. The first-order chi connectivity index (χ1) is 11.0. The molecule has 4 heteroatoms. The molecule has 2 aromatic rings. The maximum absolute atomic E-state index is 12.2. The van der Waals surface area contributed by atoms with Gasteiger partial charge in [-0.1, -0.05) is 26.8 Å². The van der Waals surface area contributed by atoms with E-state index in [9.17, 15) is 4.79 Å². The quantitative estimate of drug-likeness (QED) is 0.509. The highest BCUT2D eigenvalue weighted by Gasteiger charge is 2.11. The molecule has 0 aliphatic carbocycles. The van der Waals surface area contributed by atoms with E-state index in [1.54, 1.807) is 30.3 Å². The van der Waals surface area contributed by atoms with Crippen molar-refractivity contribution in [2.75, 3.05) is 6.61 Å². The summed E-state index contributed by atoms with van der Waals surface area (Å²) in [4.78, 5) is 12.2. The topological polar surface area (TPSA) is 35.5 Å². The number of aryl methyl sites for hydroxylation is 1. The zero-order valence-corrected chi connectivity index (χ0v) is 15.2. The van der Waals surface area contributed by atoms with E-state index < -0.39 is 0 Å². The number of esters is 1. The number of hydrogen-bond donors (Lipinski definition) is 0. The van der Waals surface area contributed by atoms with Gasteiger partial charge in [0, 0.05) is 0 Å². The van der Waals surface area contributed by atoms with Crippen molar-refractivity contribution in [1.29, 1.82) is 0 Å². The second-order valence-corrected chi connectivity index (χ2v) is 6.59. The van der Waals surface area contributed by atoms with Gasteiger partial charge < -0.3 is 9.47 Å². The minimum absolute atomic E-state index is 0.384. The fraction of sp³-hybridized carbons (Fsp3) is 0.316. The number of benzene rings is 2. The van der Waals surface area contributed by atoms with Crippen molar-refractivity contribution >= 4 is 21.9 Å². The summed E-state index contributed by atoms with van der Waals surface area (Å²) in [6.07, 6.45) is 0.935. The molecule has 0 fully saturated rings. The molecule has 0 atom stereocenters. The zero-order chi connectivity index (χ0) is 16.8. The first-order valence-corrected chi connectivity index (χ1v) is 8.52. The Labute approximate surface area is 145 Å². The van der Waals surface area contributed by atoms with Crippen LogP contribution in [0.4, 0.5) is 0 Å². The molecule has 3 nitrogen and oxygen atoms in total. The summed E-state index contributed by atoms with van der Waals surface area (Å²) >= 11 is 3.44. The summed E-state index contributed by atoms with van der Waals surface area (Å²) in [5.41, 5.74) is 1.68. The van der Waals surface area contributed by atoms with E-state index in [2.05, 4.69) is 36.7 Å². The lowest BCUT2D eigenvalue weighted by Gasteiger charge is -2.10. The molecule has 0 aliphatic rings. The van der Waals surface area contributed by atoms with Crippen LogP contribution in [-0.2, 0) is 6.42 Å². The summed E-state index contributed by atoms with van der Waals surface area (Å²) < 4.78 is 11.8. The fourth-order valence-electron chi connectivity index (χ4n) is 1.96. The van der Waals surface area contributed by atoms with Crippen LogP contribution in [0, 0.1) is 5.92 Å². The van der Waals surface area contributed by atoms with Crippen molar-refractivity contribution in [2.24, 2.45) is 5.92 Å². The first-order valence-electron chi connectivity index (χ1n) is 7.73. The number of hydrogen-bond acceptors (Lipinski definition) is 3. The van der Waals surface area contributed by atoms with Crippen LogP contribution >= 0.6 is 15.9 Å². The minimum Gasteiger partial charge on any atom is -0.493 e. The molecule has 0 aliphatic heterocycles. The van der Waals surface area contributed by atoms with Crippen LogP contribution in [0.1, 0.15) is 36.7 Å². The molecule has 0 radical (unpaired) electrons. The highest BCUT2D eigenvalue weighted by molar-refractivity contribution is 9.10. The third-order valence-electron chi connectivity index (χ3n) is 3.28. The van der Waals surface area contributed by atoms with Crippen LogP contribution < -0.4 is 9.47 Å². The second kappa shape index (κ2) is 8.16. The molecule has 122 valence electrons. The van der Waals surface area contributed by atoms with Gasteiger partial charge in [0.1, 0.15) is 11.5 Å². The van der Waals surface area contributed by atoms with Gasteiger partial charge in [0.15, 0.2) is 0 Å². The van der Waals surface area contributed by atoms with E-state index in [1.807, 2.05) is 12.1 Å². The second-order valence-electron chi connectivity index (χ2n) is 5.74. The van der Waals surface area contributed by atoms with Gasteiger partial charge in [0.05, 0.1) is 16.6 Å². The van der Waals surface area contributed by atoms with E-state index in [1.165, 1.54) is 5.56 Å². The predicted molar refractivity (Wildman–Crippen MR) is 95.3 cm³/mol. The Morgan fingerprint density at radius 2 is 1.83 bits per heavy atom. The van der Waals surface area contributed by atoms with Crippen molar-refractivity contribution in [3.05, 3.63) is 58.1 Å². The molecule has 0 saturated carbocycles.